The van der Waals surface area contributed by atoms with E-state index in [0.717, 1.165) is 57.8 Å². The summed E-state index contributed by atoms with van der Waals surface area (Å²) in [4.78, 5) is 248. The zero-order valence-electron chi connectivity index (χ0n) is 74.7. The van der Waals surface area contributed by atoms with Crippen molar-refractivity contribution in [2.45, 2.75) is 340 Å². The molecule has 27 N–H and O–H groups in total. The van der Waals surface area contributed by atoms with Crippen LogP contribution in [0.1, 0.15) is 272 Å². The van der Waals surface area contributed by atoms with Gasteiger partial charge in [0.2, 0.25) is 76.8 Å². The normalized spacial score (nSPS) is 14.1. The van der Waals surface area contributed by atoms with Crippen molar-refractivity contribution in [1.82, 2.24) is 63.8 Å². The van der Waals surface area contributed by atoms with Crippen LogP contribution in [0.15, 0.2) is 40.3 Å². The maximum atomic E-state index is 14.7. The van der Waals surface area contributed by atoms with Crippen molar-refractivity contribution in [2.24, 2.45) is 56.4 Å². The van der Waals surface area contributed by atoms with Crippen molar-refractivity contribution >= 4 is 119 Å². The Labute approximate surface area is 742 Å². The molecule has 0 aliphatic carbocycles. The summed E-state index contributed by atoms with van der Waals surface area (Å²) in [5.41, 5.74) is 28.3. The molecule has 1 rings (SSSR count). The highest BCUT2D eigenvalue weighted by molar-refractivity contribution is 6.00. The number of aliphatic carboxylic acids is 5. The van der Waals surface area contributed by atoms with Crippen LogP contribution in [0.4, 0.5) is 0 Å². The minimum absolute atomic E-state index is 0.0151. The molecule has 0 saturated carbocycles. The van der Waals surface area contributed by atoms with Gasteiger partial charge in [-0.3, -0.25) is 91.5 Å². The maximum absolute atomic E-state index is 14.7. The summed E-state index contributed by atoms with van der Waals surface area (Å²) in [5, 5.41) is 77.2. The molecule has 0 bridgehead atoms. The molecule has 1 aromatic carbocycles. The number of rotatable bonds is 72. The molecule has 0 saturated heterocycles. The average Bonchev–Trinajstić information content (AvgIpc) is 0.855. The summed E-state index contributed by atoms with van der Waals surface area (Å²) in [7, 11) is 0. The van der Waals surface area contributed by atoms with Crippen LogP contribution in [0.2, 0.25) is 0 Å². The molecule has 716 valence electrons. The Morgan fingerprint density at radius 2 is 0.685 bits per heavy atom. The molecule has 42 nitrogen and oxygen atoms in total. The fourth-order valence-corrected chi connectivity index (χ4v) is 13.4. The second-order valence-electron chi connectivity index (χ2n) is 32.6. The lowest BCUT2D eigenvalue weighted by Crippen LogP contribution is -2.60. The minimum Gasteiger partial charge on any atom is -0.481 e. The van der Waals surface area contributed by atoms with Crippen LogP contribution in [0.25, 0.3) is 0 Å². The molecule has 0 fully saturated rings. The van der Waals surface area contributed by atoms with Crippen LogP contribution >= 0.6 is 0 Å². The number of hydrogen-bond donors (Lipinski definition) is 22. The molecular formula is C85H143N19O23. The zero-order chi connectivity index (χ0) is 95.5. The fourth-order valence-electron chi connectivity index (χ4n) is 13.4. The van der Waals surface area contributed by atoms with Gasteiger partial charge < -0.3 is 118 Å². The van der Waals surface area contributed by atoms with Gasteiger partial charge >= 0.3 is 29.8 Å². The number of guanidine groups is 2. The Kier molecular flexibility index (Phi) is 57.8. The highest BCUT2D eigenvalue weighted by Crippen LogP contribution is 2.19. The number of unbranched alkanes of at least 4 members (excludes halogenated alkanes) is 17. The van der Waals surface area contributed by atoms with Crippen molar-refractivity contribution in [2.75, 3.05) is 19.6 Å². The number of carboxylic acids is 5. The summed E-state index contributed by atoms with van der Waals surface area (Å²) < 4.78 is 0. The first-order chi connectivity index (χ1) is 60.1. The molecule has 13 amide bonds. The third-order valence-electron chi connectivity index (χ3n) is 21.1. The van der Waals surface area contributed by atoms with E-state index in [9.17, 15) is 107 Å². The third-order valence-corrected chi connectivity index (χ3v) is 21.1. The van der Waals surface area contributed by atoms with Gasteiger partial charge in [0.25, 0.3) is 0 Å². The van der Waals surface area contributed by atoms with Crippen LogP contribution in [0, 0.1) is 17.8 Å². The Morgan fingerprint density at radius 3 is 1.07 bits per heavy atom. The van der Waals surface area contributed by atoms with Crippen molar-refractivity contribution < 1.29 is 112 Å². The molecule has 0 spiro atoms. The molecule has 1 aromatic rings. The summed E-state index contributed by atoms with van der Waals surface area (Å²) in [5.74, 6) is -21.9. The first kappa shape index (κ1) is 113. The van der Waals surface area contributed by atoms with E-state index in [2.05, 4.69) is 73.8 Å². The molecular weight excluding hydrogens is 1660 g/mol. The van der Waals surface area contributed by atoms with Gasteiger partial charge in [-0.25, -0.2) is 4.79 Å². The van der Waals surface area contributed by atoms with E-state index < -0.39 is 236 Å². The number of nitrogens with zero attached hydrogens (tertiary/aromatic N) is 2. The number of hydrogen-bond acceptors (Lipinski definition) is 20. The molecule has 0 aliphatic heterocycles. The maximum Gasteiger partial charge on any atom is 0.326 e. The fraction of sp³-hybridized carbons (Fsp3) is 0.694. The molecule has 0 radical (unpaired) electrons. The molecule has 0 aromatic heterocycles. The van der Waals surface area contributed by atoms with Gasteiger partial charge in [-0.05, 0) is 94.4 Å². The van der Waals surface area contributed by atoms with Gasteiger partial charge in [-0.15, -0.1) is 0 Å². The average molecular weight is 1800 g/mol. The number of carboxylic acid groups (broad SMARTS) is 5. The van der Waals surface area contributed by atoms with E-state index in [-0.39, 0.29) is 88.7 Å². The minimum atomic E-state index is -1.99. The lowest BCUT2D eigenvalue weighted by Gasteiger charge is -2.29. The van der Waals surface area contributed by atoms with E-state index in [1.54, 1.807) is 65.0 Å². The predicted molar refractivity (Wildman–Crippen MR) is 470 cm³/mol. The van der Waals surface area contributed by atoms with Crippen molar-refractivity contribution in [3.63, 3.8) is 0 Å². The largest absolute Gasteiger partial charge is 0.481 e. The number of carbonyl (C=O) groups is 18. The quantitative estimate of drug-likeness (QED) is 0.0249. The van der Waals surface area contributed by atoms with Gasteiger partial charge in [0.05, 0.1) is 13.0 Å². The lowest BCUT2D eigenvalue weighted by atomic mass is 9.97. The van der Waals surface area contributed by atoms with Crippen LogP contribution in [0.3, 0.4) is 0 Å². The van der Waals surface area contributed by atoms with E-state index >= 15 is 0 Å². The van der Waals surface area contributed by atoms with Crippen LogP contribution < -0.4 is 92.5 Å². The summed E-state index contributed by atoms with van der Waals surface area (Å²) in [6.45, 7) is 10.2. The standard InChI is InChI=1S/C85H143N19O23/c1-8-52(5)71(81(124)93-50-66(107)95-62(49-70(114)115)80(123)100-60(41-44-69(112)113)77(120)102-63(83(126)127)48-55-33-27-26-28-34-55)104-78(121)57(36-32-46-92-85(89)90)97-74(117)56(35-31-45-91-84(87)88)98-79(122)61(47-51(3)4)101-76(119)59(40-43-68(110)111)99-75(118)58(39-42-64(86)105)96-73(116)54(7)94-82(125)72(53(6)9-2)103-65(106)37-29-24-22-20-18-16-14-12-10-11-13-15-17-19-21-23-25-30-38-67(108)109/h26-28,33-34,51-54,56-63,71-72H,8-25,29-32,35-50H2,1-7H3,(H2,86,105)(H,93,124)(H,94,125)(H,95,107)(H,96,116)(H,97,117)(H,98,122)(H,99,118)(H,100,123)(H,101,119)(H,102,120)(H,103,106)(H,104,121)(H,108,109)(H,110,111)(H,112,113)(H,114,115)(H,126,127)(H4,87,88,91)(H4,89,90,92)/t52-,53-,54-,56-,57?,58-,59-,60-,61-,62-,63-,71-,72-/m0/s1. The summed E-state index contributed by atoms with van der Waals surface area (Å²) in [6, 6.07) is -9.44. The van der Waals surface area contributed by atoms with E-state index in [1.807, 2.05) is 6.92 Å². The highest BCUT2D eigenvalue weighted by atomic mass is 16.4. The van der Waals surface area contributed by atoms with E-state index in [4.69, 9.17) is 33.8 Å². The van der Waals surface area contributed by atoms with Gasteiger partial charge in [-0.1, -0.05) is 187 Å². The molecule has 0 heterocycles. The SMILES string of the molecule is CC[C@H](C)[C@H](NC(=O)CCCCCCCCCCCCCCCCCCCCC(=O)O)C(=O)N[C@@H](C)C(=O)N[C@@H](CCC(N)=O)C(=O)N[C@@H](CCC(=O)O)C(=O)N[C@@H](CC(C)C)C(=O)N[C@@H](CCCN=C(N)N)C(=O)NC(CCCN=C(N)N)C(=O)N[C@H](C(=O)NCC(=O)N[C@@H](CC(=O)O)C(=O)N[C@@H](CCC(=O)O)C(=O)N[C@@H](Cc1ccccc1)C(=O)O)[C@@H](C)CC. The van der Waals surface area contributed by atoms with Gasteiger partial charge in [-0.2, -0.15) is 0 Å². The van der Waals surface area contributed by atoms with E-state index in [1.165, 1.54) is 58.3 Å². The summed E-state index contributed by atoms with van der Waals surface area (Å²) >= 11 is 0. The number of amides is 13. The first-order valence-corrected chi connectivity index (χ1v) is 44.2. The van der Waals surface area contributed by atoms with Gasteiger partial charge in [0.15, 0.2) is 11.9 Å². The first-order valence-electron chi connectivity index (χ1n) is 44.2. The predicted octanol–water partition coefficient (Wildman–Crippen LogP) is 1.38. The number of primary amides is 1. The third kappa shape index (κ3) is 52.7. The van der Waals surface area contributed by atoms with Gasteiger partial charge in [0.1, 0.15) is 66.5 Å². The number of nitrogens with one attached hydrogen (secondary N) is 12. The van der Waals surface area contributed by atoms with Crippen molar-refractivity contribution in [1.29, 1.82) is 0 Å². The smallest absolute Gasteiger partial charge is 0.326 e. The second kappa shape index (κ2) is 64.9. The summed E-state index contributed by atoms with van der Waals surface area (Å²) in [6.07, 6.45) is 14.6. The Balaban J connectivity index is 3.42. The lowest BCUT2D eigenvalue weighted by molar-refractivity contribution is -0.143. The zero-order valence-corrected chi connectivity index (χ0v) is 74.7. The Bertz CT molecular complexity index is 3730. The van der Waals surface area contributed by atoms with Crippen molar-refractivity contribution in [3.8, 4) is 0 Å². The number of carbonyl (C=O) groups excluding carboxylic acids is 13. The van der Waals surface area contributed by atoms with E-state index in [0.29, 0.717) is 18.4 Å². The monoisotopic (exact) mass is 1800 g/mol. The van der Waals surface area contributed by atoms with Gasteiger partial charge in [0, 0.05) is 51.6 Å². The molecule has 13 atom stereocenters. The topological polar surface area (TPSA) is 708 Å². The molecule has 127 heavy (non-hydrogen) atoms. The Morgan fingerprint density at radius 1 is 0.331 bits per heavy atom. The number of aliphatic imine (C=N–C) groups is 2. The van der Waals surface area contributed by atoms with Crippen LogP contribution in [-0.4, -0.2) is 230 Å². The molecule has 1 unspecified atom stereocenters. The van der Waals surface area contributed by atoms with Crippen LogP contribution in [0.5, 0.6) is 0 Å². The van der Waals surface area contributed by atoms with Crippen molar-refractivity contribution in [3.05, 3.63) is 35.9 Å². The van der Waals surface area contributed by atoms with Crippen LogP contribution in [-0.2, 0) is 92.7 Å². The second-order valence-corrected chi connectivity index (χ2v) is 32.6. The number of nitrogens with two attached hydrogens (primary N) is 5. The number of benzene rings is 1. The highest BCUT2D eigenvalue weighted by Gasteiger charge is 2.38. The molecule has 42 heteroatoms. The Hall–Kier alpha value is -11.8. The molecule has 0 aliphatic rings.